The van der Waals surface area contributed by atoms with E-state index in [2.05, 4.69) is 29.0 Å². The lowest BCUT2D eigenvalue weighted by atomic mass is 9.95. The van der Waals surface area contributed by atoms with Gasteiger partial charge in [0.25, 0.3) is 0 Å². The van der Waals surface area contributed by atoms with Gasteiger partial charge >= 0.3 is 0 Å². The smallest absolute Gasteiger partial charge is 0.161 e. The Morgan fingerprint density at radius 3 is 2.08 bits per heavy atom. The number of thioether (sulfide) groups is 1. The maximum Gasteiger partial charge on any atom is 0.161 e. The number of nitrogens with one attached hydrogen (secondary N) is 1. The lowest BCUT2D eigenvalue weighted by Crippen LogP contribution is -2.57. The molecule has 1 unspecified atom stereocenters. The van der Waals surface area contributed by atoms with Crippen LogP contribution in [0.25, 0.3) is 0 Å². The average Bonchev–Trinajstić information content (AvgIpc) is 3.31. The van der Waals surface area contributed by atoms with E-state index in [-0.39, 0.29) is 34.5 Å². The first-order valence-corrected chi connectivity index (χ1v) is 14.8. The molecular weight excluding hydrogens is 506 g/mol. The Labute approximate surface area is 227 Å². The average molecular weight is 546 g/mol. The predicted molar refractivity (Wildman–Crippen MR) is 152 cm³/mol. The van der Waals surface area contributed by atoms with E-state index >= 15 is 0 Å². The van der Waals surface area contributed by atoms with Gasteiger partial charge in [-0.15, -0.1) is 0 Å². The van der Waals surface area contributed by atoms with Crippen LogP contribution in [0.1, 0.15) is 38.3 Å². The highest BCUT2D eigenvalue weighted by Gasteiger charge is 2.50. The molecule has 0 aliphatic carbocycles. The number of hydrogen-bond donors (Lipinski definition) is 1. The summed E-state index contributed by atoms with van der Waals surface area (Å²) in [6.07, 6.45) is -0.209. The van der Waals surface area contributed by atoms with Crippen molar-refractivity contribution < 1.29 is 18.4 Å². The fourth-order valence-corrected chi connectivity index (χ4v) is 6.17. The zero-order valence-corrected chi connectivity index (χ0v) is 24.0. The maximum absolute atomic E-state index is 12.6. The SMILES string of the molecule is CN(C)C1=N[C@@H]2[C@@H](OCc3ccccc3)[C@@H](OCc3ccccc3)[C@@H](CCNS(=O)C(C)(C)C)O[C@@H]2S1. The van der Waals surface area contributed by atoms with E-state index in [9.17, 15) is 4.21 Å². The van der Waals surface area contributed by atoms with E-state index in [1.54, 1.807) is 11.8 Å². The molecule has 4 rings (SSSR count). The summed E-state index contributed by atoms with van der Waals surface area (Å²) >= 11 is 1.63. The molecule has 0 radical (unpaired) electrons. The van der Waals surface area contributed by atoms with Gasteiger partial charge in [-0.3, -0.25) is 4.99 Å². The third kappa shape index (κ3) is 7.65. The van der Waals surface area contributed by atoms with Gasteiger partial charge in [0.1, 0.15) is 23.7 Å². The fraction of sp³-hybridized carbons (Fsp3) is 0.536. The van der Waals surface area contributed by atoms with Crippen molar-refractivity contribution in [3.63, 3.8) is 0 Å². The summed E-state index contributed by atoms with van der Waals surface area (Å²) in [5.41, 5.74) is 2.04. The Bertz CT molecular complexity index is 1050. The van der Waals surface area contributed by atoms with Crippen molar-refractivity contribution in [1.82, 2.24) is 9.62 Å². The van der Waals surface area contributed by atoms with Gasteiger partial charge in [-0.05, 0) is 38.3 Å². The van der Waals surface area contributed by atoms with Crippen LogP contribution in [-0.4, -0.2) is 69.5 Å². The Morgan fingerprint density at radius 1 is 0.973 bits per heavy atom. The summed E-state index contributed by atoms with van der Waals surface area (Å²) in [6, 6.07) is 20.1. The Morgan fingerprint density at radius 2 is 1.54 bits per heavy atom. The molecule has 6 atom stereocenters. The largest absolute Gasteiger partial charge is 0.368 e. The molecule has 0 spiro atoms. The topological polar surface area (TPSA) is 72.4 Å². The van der Waals surface area contributed by atoms with Crippen molar-refractivity contribution in [2.75, 3.05) is 20.6 Å². The molecule has 2 aliphatic rings. The van der Waals surface area contributed by atoms with E-state index < -0.39 is 11.0 Å². The highest BCUT2D eigenvalue weighted by molar-refractivity contribution is 8.14. The fourth-order valence-electron chi connectivity index (χ4n) is 4.28. The molecule has 202 valence electrons. The van der Waals surface area contributed by atoms with E-state index in [0.29, 0.717) is 26.2 Å². The number of rotatable bonds is 10. The molecule has 9 heteroatoms. The van der Waals surface area contributed by atoms with Crippen LogP contribution in [-0.2, 0) is 38.4 Å². The van der Waals surface area contributed by atoms with Crippen LogP contribution in [0.3, 0.4) is 0 Å². The number of amidine groups is 1. The van der Waals surface area contributed by atoms with E-state index in [1.165, 1.54) is 0 Å². The second-order valence-corrected chi connectivity index (χ2v) is 13.7. The second-order valence-electron chi connectivity index (χ2n) is 10.5. The first-order chi connectivity index (χ1) is 17.7. The predicted octanol–water partition coefficient (Wildman–Crippen LogP) is 4.36. The number of benzene rings is 2. The van der Waals surface area contributed by atoms with E-state index in [1.807, 2.05) is 76.2 Å². The van der Waals surface area contributed by atoms with Crippen LogP contribution in [0.4, 0.5) is 0 Å². The molecule has 1 saturated heterocycles. The zero-order chi connectivity index (χ0) is 26.4. The van der Waals surface area contributed by atoms with Crippen LogP contribution in [0, 0.1) is 0 Å². The van der Waals surface area contributed by atoms with Gasteiger partial charge in [0.2, 0.25) is 0 Å². The molecular formula is C28H39N3O4S2. The van der Waals surface area contributed by atoms with Crippen LogP contribution in [0.2, 0.25) is 0 Å². The van der Waals surface area contributed by atoms with E-state index in [0.717, 1.165) is 16.3 Å². The molecule has 2 aromatic carbocycles. The first kappa shape index (κ1) is 28.3. The molecule has 1 N–H and O–H groups in total. The molecule has 7 nitrogen and oxygen atoms in total. The molecule has 2 heterocycles. The van der Waals surface area contributed by atoms with Crippen molar-refractivity contribution in [2.24, 2.45) is 4.99 Å². The minimum atomic E-state index is -1.15. The van der Waals surface area contributed by atoms with E-state index in [4.69, 9.17) is 19.2 Å². The van der Waals surface area contributed by atoms with Gasteiger partial charge in [-0.1, -0.05) is 72.4 Å². The molecule has 0 bridgehead atoms. The second kappa shape index (κ2) is 12.9. The van der Waals surface area contributed by atoms with Gasteiger partial charge in [0, 0.05) is 20.6 Å². The minimum Gasteiger partial charge on any atom is -0.368 e. The molecule has 1 fully saturated rings. The number of aliphatic imine (C=N–C) groups is 1. The molecule has 2 aliphatic heterocycles. The minimum absolute atomic E-state index is 0.159. The van der Waals surface area contributed by atoms with Gasteiger partial charge in [0.15, 0.2) is 5.17 Å². The van der Waals surface area contributed by atoms with Crippen molar-refractivity contribution in [1.29, 1.82) is 0 Å². The molecule has 2 aromatic rings. The monoisotopic (exact) mass is 545 g/mol. The highest BCUT2D eigenvalue weighted by Crippen LogP contribution is 2.40. The number of hydrogen-bond acceptors (Lipinski definition) is 7. The quantitative estimate of drug-likeness (QED) is 0.479. The van der Waals surface area contributed by atoms with Gasteiger partial charge in [-0.2, -0.15) is 0 Å². The number of fused-ring (bicyclic) bond motifs is 1. The summed E-state index contributed by atoms with van der Waals surface area (Å²) in [5.74, 6) is 0. The van der Waals surface area contributed by atoms with Crippen molar-refractivity contribution in [3.8, 4) is 0 Å². The Balaban J connectivity index is 1.56. The maximum atomic E-state index is 12.6. The number of ether oxygens (including phenoxy) is 3. The summed E-state index contributed by atoms with van der Waals surface area (Å²) in [6.45, 7) is 7.36. The van der Waals surface area contributed by atoms with Crippen molar-refractivity contribution in [2.45, 2.75) is 74.9 Å². The first-order valence-electron chi connectivity index (χ1n) is 12.8. The standard InChI is InChI=1S/C28H39N3O4S2/c1-28(2,3)37(32)29-17-16-22-24(33-18-20-12-8-6-9-13-20)25(34-19-21-14-10-7-11-15-21)23-26(35-22)36-27(30-23)31(4)5/h6-15,22-26,29H,16-19H2,1-5H3/t22-,23-,24+,25-,26-,37?/m1/s1. The van der Waals surface area contributed by atoms with Crippen molar-refractivity contribution in [3.05, 3.63) is 71.8 Å². The zero-order valence-electron chi connectivity index (χ0n) is 22.3. The molecule has 0 amide bonds. The van der Waals surface area contributed by atoms with Crippen LogP contribution >= 0.6 is 11.8 Å². The lowest BCUT2D eigenvalue weighted by molar-refractivity contribution is -0.198. The normalized spacial score (nSPS) is 26.4. The van der Waals surface area contributed by atoms with Gasteiger partial charge in [0.05, 0.1) is 35.1 Å². The highest BCUT2D eigenvalue weighted by atomic mass is 32.2. The van der Waals surface area contributed by atoms with Crippen LogP contribution < -0.4 is 4.72 Å². The lowest BCUT2D eigenvalue weighted by Gasteiger charge is -2.43. The summed E-state index contributed by atoms with van der Waals surface area (Å²) in [5, 5.41) is 0.928. The van der Waals surface area contributed by atoms with Gasteiger partial charge in [-0.25, -0.2) is 8.93 Å². The van der Waals surface area contributed by atoms with Gasteiger partial charge < -0.3 is 19.1 Å². The Kier molecular flexibility index (Phi) is 9.83. The summed E-state index contributed by atoms with van der Waals surface area (Å²) in [4.78, 5) is 7.01. The van der Waals surface area contributed by atoms with Crippen LogP contribution in [0.15, 0.2) is 65.7 Å². The Hall–Kier alpha value is -1.75. The molecule has 0 saturated carbocycles. The third-order valence-electron chi connectivity index (χ3n) is 6.27. The molecule has 37 heavy (non-hydrogen) atoms. The van der Waals surface area contributed by atoms with Crippen LogP contribution in [0.5, 0.6) is 0 Å². The summed E-state index contributed by atoms with van der Waals surface area (Å²) in [7, 11) is 2.84. The summed E-state index contributed by atoms with van der Waals surface area (Å²) < 4.78 is 35.2. The third-order valence-corrected chi connectivity index (χ3v) is 9.15. The number of nitrogens with zero attached hydrogens (tertiary/aromatic N) is 2. The molecule has 0 aromatic heterocycles. The van der Waals surface area contributed by atoms with Crippen molar-refractivity contribution >= 4 is 27.9 Å².